The average molecular weight is 280 g/mol. The lowest BCUT2D eigenvalue weighted by Gasteiger charge is -2.31. The van der Waals surface area contributed by atoms with Gasteiger partial charge in [0.25, 0.3) is 5.91 Å². The Labute approximate surface area is 117 Å². The van der Waals surface area contributed by atoms with E-state index in [9.17, 15) is 9.90 Å². The molecule has 0 unspecified atom stereocenters. The molecule has 6 heteroatoms. The Bertz CT molecular complexity index is 498. The van der Waals surface area contributed by atoms with Gasteiger partial charge in [-0.2, -0.15) is 0 Å². The Morgan fingerprint density at radius 2 is 1.95 bits per heavy atom. The molecule has 0 aromatic heterocycles. The smallest absolute Gasteiger partial charge is 0.253 e. The van der Waals surface area contributed by atoms with E-state index in [1.807, 2.05) is 0 Å². The van der Waals surface area contributed by atoms with Crippen LogP contribution in [0.1, 0.15) is 23.2 Å². The predicted octanol–water partition coefficient (Wildman–Crippen LogP) is 0.787. The quantitative estimate of drug-likeness (QED) is 0.693. The maximum Gasteiger partial charge on any atom is 0.253 e. The van der Waals surface area contributed by atoms with Crippen molar-refractivity contribution in [2.24, 2.45) is 5.92 Å². The van der Waals surface area contributed by atoms with Gasteiger partial charge in [-0.05, 0) is 24.8 Å². The lowest BCUT2D eigenvalue weighted by atomic mass is 9.82. The van der Waals surface area contributed by atoms with Gasteiger partial charge in [0.2, 0.25) is 0 Å². The summed E-state index contributed by atoms with van der Waals surface area (Å²) >= 11 is 0. The van der Waals surface area contributed by atoms with E-state index in [0.29, 0.717) is 35.2 Å². The Morgan fingerprint density at radius 1 is 1.35 bits per heavy atom. The fraction of sp³-hybridized carbons (Fsp3) is 0.500. The molecule has 1 aromatic carbocycles. The highest BCUT2D eigenvalue weighted by atomic mass is 16.5. The zero-order valence-corrected chi connectivity index (χ0v) is 11.7. The van der Waals surface area contributed by atoms with E-state index in [1.165, 1.54) is 14.2 Å². The van der Waals surface area contributed by atoms with Crippen LogP contribution in [0.2, 0.25) is 0 Å². The lowest BCUT2D eigenvalue weighted by molar-refractivity contribution is 0.0420. The summed E-state index contributed by atoms with van der Waals surface area (Å²) in [5.41, 5.74) is 6.56. The molecule has 2 rings (SSSR count). The molecule has 1 amide bonds. The molecule has 0 bridgehead atoms. The number of nitrogens with two attached hydrogens (primary N) is 1. The first kappa shape index (κ1) is 14.5. The van der Waals surface area contributed by atoms with Gasteiger partial charge in [-0.1, -0.05) is 0 Å². The third-order valence-corrected chi connectivity index (χ3v) is 3.56. The predicted molar refractivity (Wildman–Crippen MR) is 75.0 cm³/mol. The SMILES string of the molecule is COc1cc(N)c(C(=O)NCC2CC(O)C2)cc1OC. The van der Waals surface area contributed by atoms with E-state index in [2.05, 4.69) is 5.32 Å². The summed E-state index contributed by atoms with van der Waals surface area (Å²) < 4.78 is 10.3. The molecule has 1 fully saturated rings. The van der Waals surface area contributed by atoms with Crippen LogP contribution >= 0.6 is 0 Å². The Balaban J connectivity index is 2.05. The van der Waals surface area contributed by atoms with Crippen LogP contribution in [0.25, 0.3) is 0 Å². The molecule has 4 N–H and O–H groups in total. The van der Waals surface area contributed by atoms with E-state index >= 15 is 0 Å². The van der Waals surface area contributed by atoms with E-state index < -0.39 is 0 Å². The normalized spacial score (nSPS) is 20.9. The number of hydrogen-bond acceptors (Lipinski definition) is 5. The molecule has 0 aliphatic heterocycles. The number of aliphatic hydroxyl groups excluding tert-OH is 1. The molecule has 1 aromatic rings. The van der Waals surface area contributed by atoms with Crippen LogP contribution in [0.4, 0.5) is 5.69 Å². The summed E-state index contributed by atoms with van der Waals surface area (Å²) in [5.74, 6) is 1.05. The molecule has 1 aliphatic rings. The van der Waals surface area contributed by atoms with Crippen molar-refractivity contribution in [2.75, 3.05) is 26.5 Å². The standard InChI is InChI=1S/C14H20N2O4/c1-19-12-5-10(11(15)6-13(12)20-2)14(18)16-7-8-3-9(17)4-8/h5-6,8-9,17H,3-4,7,15H2,1-2H3,(H,16,18). The third kappa shape index (κ3) is 2.96. The average Bonchev–Trinajstić information content (AvgIpc) is 2.41. The highest BCUT2D eigenvalue weighted by Crippen LogP contribution is 2.32. The minimum absolute atomic E-state index is 0.219. The number of nitrogen functional groups attached to an aromatic ring is 1. The number of aliphatic hydroxyl groups is 1. The van der Waals surface area contributed by atoms with Crippen LogP contribution in [-0.2, 0) is 0 Å². The van der Waals surface area contributed by atoms with Crippen molar-refractivity contribution < 1.29 is 19.4 Å². The number of methoxy groups -OCH3 is 2. The van der Waals surface area contributed by atoms with Gasteiger partial charge >= 0.3 is 0 Å². The van der Waals surface area contributed by atoms with Crippen molar-refractivity contribution in [1.29, 1.82) is 0 Å². The van der Waals surface area contributed by atoms with Crippen molar-refractivity contribution >= 4 is 11.6 Å². The number of amides is 1. The summed E-state index contributed by atoms with van der Waals surface area (Å²) in [6.07, 6.45) is 1.26. The van der Waals surface area contributed by atoms with Crippen molar-refractivity contribution in [3.8, 4) is 11.5 Å². The highest BCUT2D eigenvalue weighted by molar-refractivity contribution is 6.00. The number of benzene rings is 1. The molecule has 0 radical (unpaired) electrons. The van der Waals surface area contributed by atoms with Crippen molar-refractivity contribution in [3.63, 3.8) is 0 Å². The van der Waals surface area contributed by atoms with Crippen molar-refractivity contribution in [2.45, 2.75) is 18.9 Å². The number of ether oxygens (including phenoxy) is 2. The summed E-state index contributed by atoms with van der Waals surface area (Å²) in [6, 6.07) is 3.14. The minimum atomic E-state index is -0.246. The molecule has 1 saturated carbocycles. The third-order valence-electron chi connectivity index (χ3n) is 3.56. The summed E-state index contributed by atoms with van der Waals surface area (Å²) in [4.78, 5) is 12.1. The van der Waals surface area contributed by atoms with E-state index in [1.54, 1.807) is 12.1 Å². The van der Waals surface area contributed by atoms with Crippen LogP contribution in [0.15, 0.2) is 12.1 Å². The number of nitrogens with one attached hydrogen (secondary N) is 1. The second-order valence-electron chi connectivity index (χ2n) is 5.00. The fourth-order valence-corrected chi connectivity index (χ4v) is 2.29. The van der Waals surface area contributed by atoms with Gasteiger partial charge in [-0.15, -0.1) is 0 Å². The Kier molecular flexibility index (Phi) is 4.34. The number of anilines is 1. The summed E-state index contributed by atoms with van der Waals surface area (Å²) in [7, 11) is 3.02. The zero-order valence-electron chi connectivity index (χ0n) is 11.7. The maximum absolute atomic E-state index is 12.1. The molecule has 1 aliphatic carbocycles. The molecular formula is C14H20N2O4. The Hall–Kier alpha value is -1.95. The van der Waals surface area contributed by atoms with E-state index in [0.717, 1.165) is 12.8 Å². The maximum atomic E-state index is 12.1. The van der Waals surface area contributed by atoms with Gasteiger partial charge in [0.1, 0.15) is 0 Å². The highest BCUT2D eigenvalue weighted by Gasteiger charge is 2.27. The first-order chi connectivity index (χ1) is 9.55. The molecule has 0 saturated heterocycles. The largest absolute Gasteiger partial charge is 0.493 e. The monoisotopic (exact) mass is 280 g/mol. The number of rotatable bonds is 5. The molecule has 0 atom stereocenters. The van der Waals surface area contributed by atoms with Crippen LogP contribution in [0, 0.1) is 5.92 Å². The summed E-state index contributed by atoms with van der Waals surface area (Å²) in [5, 5.41) is 12.0. The van der Waals surface area contributed by atoms with Crippen molar-refractivity contribution in [3.05, 3.63) is 17.7 Å². The van der Waals surface area contributed by atoms with Gasteiger partial charge in [0.15, 0.2) is 11.5 Å². The number of carbonyl (C=O) groups is 1. The number of carbonyl (C=O) groups excluding carboxylic acids is 1. The van der Waals surface area contributed by atoms with E-state index in [-0.39, 0.29) is 12.0 Å². The lowest BCUT2D eigenvalue weighted by Crippen LogP contribution is -2.38. The van der Waals surface area contributed by atoms with Gasteiger partial charge in [-0.3, -0.25) is 4.79 Å². The minimum Gasteiger partial charge on any atom is -0.493 e. The second-order valence-corrected chi connectivity index (χ2v) is 5.00. The molecule has 20 heavy (non-hydrogen) atoms. The first-order valence-corrected chi connectivity index (χ1v) is 6.53. The fourth-order valence-electron chi connectivity index (χ4n) is 2.29. The van der Waals surface area contributed by atoms with Gasteiger partial charge in [0, 0.05) is 18.3 Å². The molecular weight excluding hydrogens is 260 g/mol. The van der Waals surface area contributed by atoms with Crippen LogP contribution < -0.4 is 20.5 Å². The second kappa shape index (κ2) is 6.00. The van der Waals surface area contributed by atoms with Crippen LogP contribution in [0.5, 0.6) is 11.5 Å². The van der Waals surface area contributed by atoms with Gasteiger partial charge in [-0.25, -0.2) is 0 Å². The number of hydrogen-bond donors (Lipinski definition) is 3. The topological polar surface area (TPSA) is 93.8 Å². The van der Waals surface area contributed by atoms with Gasteiger partial charge < -0.3 is 25.6 Å². The molecule has 110 valence electrons. The Morgan fingerprint density at radius 3 is 2.50 bits per heavy atom. The van der Waals surface area contributed by atoms with E-state index in [4.69, 9.17) is 15.2 Å². The molecule has 0 heterocycles. The molecule has 0 spiro atoms. The zero-order chi connectivity index (χ0) is 14.7. The van der Waals surface area contributed by atoms with Gasteiger partial charge in [0.05, 0.1) is 25.9 Å². The van der Waals surface area contributed by atoms with Crippen LogP contribution in [0.3, 0.4) is 0 Å². The summed E-state index contributed by atoms with van der Waals surface area (Å²) in [6.45, 7) is 0.545. The van der Waals surface area contributed by atoms with Crippen LogP contribution in [-0.4, -0.2) is 37.9 Å². The van der Waals surface area contributed by atoms with Crippen molar-refractivity contribution in [1.82, 2.24) is 5.32 Å². The first-order valence-electron chi connectivity index (χ1n) is 6.53. The molecule has 6 nitrogen and oxygen atoms in total.